The summed E-state index contributed by atoms with van der Waals surface area (Å²) in [6.07, 6.45) is 1.01. The summed E-state index contributed by atoms with van der Waals surface area (Å²) in [7, 11) is 0. The lowest BCUT2D eigenvalue weighted by molar-refractivity contribution is 0.248. The SMILES string of the molecule is CCC(CC(N)=NO)NC(=O)Nc1ccccc1. The smallest absolute Gasteiger partial charge is 0.319 e. The van der Waals surface area contributed by atoms with Gasteiger partial charge in [0.2, 0.25) is 0 Å². The Balaban J connectivity index is 2.47. The Kier molecular flexibility index (Phi) is 5.50. The first-order chi connectivity index (χ1) is 8.65. The molecule has 0 bridgehead atoms. The number of para-hydroxylation sites is 1. The molecule has 1 rings (SSSR count). The van der Waals surface area contributed by atoms with Crippen LogP contribution in [-0.2, 0) is 0 Å². The number of carbonyl (C=O) groups excluding carboxylic acids is 1. The van der Waals surface area contributed by atoms with Crippen LogP contribution >= 0.6 is 0 Å². The van der Waals surface area contributed by atoms with Crippen molar-refractivity contribution in [3.05, 3.63) is 30.3 Å². The average Bonchev–Trinajstić information content (AvgIpc) is 2.38. The van der Waals surface area contributed by atoms with Crippen molar-refractivity contribution < 1.29 is 10.0 Å². The highest BCUT2D eigenvalue weighted by Crippen LogP contribution is 2.05. The highest BCUT2D eigenvalue weighted by Gasteiger charge is 2.12. The number of amidine groups is 1. The summed E-state index contributed by atoms with van der Waals surface area (Å²) in [5.41, 5.74) is 6.12. The van der Waals surface area contributed by atoms with Gasteiger partial charge in [0.15, 0.2) is 0 Å². The minimum Gasteiger partial charge on any atom is -0.409 e. The molecule has 6 heteroatoms. The minimum atomic E-state index is -0.307. The van der Waals surface area contributed by atoms with Gasteiger partial charge < -0.3 is 21.6 Å². The third kappa shape index (κ3) is 4.73. The standard InChI is InChI=1S/C12H18N4O2/c1-2-9(8-11(13)16-18)14-12(17)15-10-6-4-3-5-7-10/h3-7,9,18H,2,8H2,1H3,(H2,13,16)(H2,14,15,17). The molecule has 1 atom stereocenters. The van der Waals surface area contributed by atoms with Gasteiger partial charge in [-0.3, -0.25) is 0 Å². The normalized spacial score (nSPS) is 12.8. The third-order valence-corrected chi connectivity index (χ3v) is 2.44. The number of hydrogen-bond donors (Lipinski definition) is 4. The Labute approximate surface area is 106 Å². The molecule has 0 radical (unpaired) electrons. The third-order valence-electron chi connectivity index (χ3n) is 2.44. The zero-order valence-electron chi connectivity index (χ0n) is 10.3. The van der Waals surface area contributed by atoms with Gasteiger partial charge in [0.1, 0.15) is 5.84 Å². The Hall–Kier alpha value is -2.24. The van der Waals surface area contributed by atoms with E-state index in [0.717, 1.165) is 0 Å². The van der Waals surface area contributed by atoms with Crippen molar-refractivity contribution in [2.45, 2.75) is 25.8 Å². The van der Waals surface area contributed by atoms with Crippen molar-refractivity contribution in [3.63, 3.8) is 0 Å². The molecule has 2 amide bonds. The number of urea groups is 1. The van der Waals surface area contributed by atoms with Crippen molar-refractivity contribution in [1.82, 2.24) is 5.32 Å². The molecule has 0 aliphatic rings. The molecule has 0 aromatic heterocycles. The Morgan fingerprint density at radius 3 is 2.67 bits per heavy atom. The lowest BCUT2D eigenvalue weighted by Crippen LogP contribution is -2.40. The van der Waals surface area contributed by atoms with E-state index in [-0.39, 0.29) is 17.9 Å². The van der Waals surface area contributed by atoms with Crippen LogP contribution in [0.25, 0.3) is 0 Å². The number of carbonyl (C=O) groups is 1. The highest BCUT2D eigenvalue weighted by atomic mass is 16.4. The summed E-state index contributed by atoms with van der Waals surface area (Å²) >= 11 is 0. The van der Waals surface area contributed by atoms with Gasteiger partial charge in [-0.05, 0) is 18.6 Å². The number of rotatable bonds is 5. The van der Waals surface area contributed by atoms with Gasteiger partial charge >= 0.3 is 6.03 Å². The molecule has 0 aliphatic carbocycles. The lowest BCUT2D eigenvalue weighted by atomic mass is 10.1. The second-order valence-electron chi connectivity index (χ2n) is 3.87. The number of nitrogens with two attached hydrogens (primary N) is 1. The number of amides is 2. The van der Waals surface area contributed by atoms with Gasteiger partial charge in [-0.1, -0.05) is 30.3 Å². The molecule has 1 aromatic rings. The average molecular weight is 250 g/mol. The summed E-state index contributed by atoms with van der Waals surface area (Å²) in [5.74, 6) is 0.0989. The molecule has 1 unspecified atom stereocenters. The second kappa shape index (κ2) is 7.16. The van der Waals surface area contributed by atoms with E-state index in [0.29, 0.717) is 18.5 Å². The van der Waals surface area contributed by atoms with Crippen molar-refractivity contribution in [1.29, 1.82) is 0 Å². The van der Waals surface area contributed by atoms with Crippen molar-refractivity contribution in [2.24, 2.45) is 10.9 Å². The van der Waals surface area contributed by atoms with Crippen LogP contribution in [0, 0.1) is 0 Å². The predicted octanol–water partition coefficient (Wildman–Crippen LogP) is 1.72. The number of anilines is 1. The molecular weight excluding hydrogens is 232 g/mol. The summed E-state index contributed by atoms with van der Waals surface area (Å²) in [6, 6.07) is 8.67. The first-order valence-corrected chi connectivity index (χ1v) is 5.74. The van der Waals surface area contributed by atoms with Gasteiger partial charge in [-0.25, -0.2) is 4.79 Å². The van der Waals surface area contributed by atoms with E-state index in [1.54, 1.807) is 12.1 Å². The van der Waals surface area contributed by atoms with E-state index in [1.165, 1.54) is 0 Å². The van der Waals surface area contributed by atoms with E-state index >= 15 is 0 Å². The van der Waals surface area contributed by atoms with Gasteiger partial charge in [0, 0.05) is 18.2 Å². The largest absolute Gasteiger partial charge is 0.409 e. The van der Waals surface area contributed by atoms with E-state index in [9.17, 15) is 4.79 Å². The number of hydrogen-bond acceptors (Lipinski definition) is 3. The van der Waals surface area contributed by atoms with Crippen molar-refractivity contribution in [3.8, 4) is 0 Å². The zero-order chi connectivity index (χ0) is 13.4. The Morgan fingerprint density at radius 2 is 2.11 bits per heavy atom. The van der Waals surface area contributed by atoms with Crippen LogP contribution in [0.4, 0.5) is 10.5 Å². The quantitative estimate of drug-likeness (QED) is 0.277. The first-order valence-electron chi connectivity index (χ1n) is 5.74. The van der Waals surface area contributed by atoms with Gasteiger partial charge in [0.25, 0.3) is 0 Å². The van der Waals surface area contributed by atoms with E-state index in [2.05, 4.69) is 15.8 Å². The number of nitrogens with one attached hydrogen (secondary N) is 2. The predicted molar refractivity (Wildman–Crippen MR) is 70.7 cm³/mol. The van der Waals surface area contributed by atoms with Crippen LogP contribution < -0.4 is 16.4 Å². The molecule has 0 spiro atoms. The van der Waals surface area contributed by atoms with Crippen molar-refractivity contribution in [2.75, 3.05) is 5.32 Å². The molecule has 5 N–H and O–H groups in total. The van der Waals surface area contributed by atoms with Gasteiger partial charge in [-0.2, -0.15) is 0 Å². The maximum atomic E-state index is 11.7. The van der Waals surface area contributed by atoms with Crippen LogP contribution in [0.5, 0.6) is 0 Å². The zero-order valence-corrected chi connectivity index (χ0v) is 10.3. The molecule has 0 saturated carbocycles. The van der Waals surface area contributed by atoms with Crippen LogP contribution in [0.15, 0.2) is 35.5 Å². The minimum absolute atomic E-state index is 0.0989. The van der Waals surface area contributed by atoms with Gasteiger partial charge in [-0.15, -0.1) is 0 Å². The molecule has 6 nitrogen and oxygen atoms in total. The summed E-state index contributed by atoms with van der Waals surface area (Å²) in [4.78, 5) is 11.7. The van der Waals surface area contributed by atoms with E-state index in [4.69, 9.17) is 10.9 Å². The summed E-state index contributed by atoms with van der Waals surface area (Å²) in [6.45, 7) is 1.91. The number of benzene rings is 1. The van der Waals surface area contributed by atoms with Crippen LogP contribution in [0.2, 0.25) is 0 Å². The fourth-order valence-corrected chi connectivity index (χ4v) is 1.46. The second-order valence-corrected chi connectivity index (χ2v) is 3.87. The molecule has 0 heterocycles. The lowest BCUT2D eigenvalue weighted by Gasteiger charge is -2.16. The van der Waals surface area contributed by atoms with Crippen LogP contribution in [0.1, 0.15) is 19.8 Å². The monoisotopic (exact) mass is 250 g/mol. The topological polar surface area (TPSA) is 99.7 Å². The molecule has 0 saturated heterocycles. The van der Waals surface area contributed by atoms with Gasteiger partial charge in [0.05, 0.1) is 0 Å². The molecule has 1 aromatic carbocycles. The number of nitrogens with zero attached hydrogens (tertiary/aromatic N) is 1. The number of oxime groups is 1. The molecular formula is C12H18N4O2. The summed E-state index contributed by atoms with van der Waals surface area (Å²) in [5, 5.41) is 16.8. The maximum Gasteiger partial charge on any atom is 0.319 e. The fourth-order valence-electron chi connectivity index (χ4n) is 1.46. The summed E-state index contributed by atoms with van der Waals surface area (Å²) < 4.78 is 0. The molecule has 0 fully saturated rings. The fraction of sp³-hybridized carbons (Fsp3) is 0.333. The Bertz CT molecular complexity index is 406. The van der Waals surface area contributed by atoms with Crippen LogP contribution in [0.3, 0.4) is 0 Å². The van der Waals surface area contributed by atoms with E-state index < -0.39 is 0 Å². The first kappa shape index (κ1) is 13.8. The van der Waals surface area contributed by atoms with Crippen LogP contribution in [-0.4, -0.2) is 23.1 Å². The molecule has 18 heavy (non-hydrogen) atoms. The Morgan fingerprint density at radius 1 is 1.44 bits per heavy atom. The maximum absolute atomic E-state index is 11.7. The molecule has 0 aliphatic heterocycles. The highest BCUT2D eigenvalue weighted by molar-refractivity contribution is 5.90. The van der Waals surface area contributed by atoms with E-state index in [1.807, 2.05) is 25.1 Å². The van der Waals surface area contributed by atoms with Crippen molar-refractivity contribution >= 4 is 17.6 Å². The molecule has 98 valence electrons.